The number of rotatable bonds is 5. The largest absolute Gasteiger partial charge is 0.481 e. The van der Waals surface area contributed by atoms with Crippen LogP contribution in [0.3, 0.4) is 0 Å². The van der Waals surface area contributed by atoms with E-state index in [1.54, 1.807) is 13.3 Å². The summed E-state index contributed by atoms with van der Waals surface area (Å²) in [5, 5.41) is 2.98. The van der Waals surface area contributed by atoms with Crippen molar-refractivity contribution in [2.45, 2.75) is 25.3 Å². The number of aromatic nitrogens is 3. The van der Waals surface area contributed by atoms with Crippen molar-refractivity contribution >= 4 is 5.82 Å². The molecular formula is C14H15FN4O. The van der Waals surface area contributed by atoms with Crippen molar-refractivity contribution in [1.82, 2.24) is 15.0 Å². The van der Waals surface area contributed by atoms with Crippen LogP contribution in [0.25, 0.3) is 0 Å². The lowest BCUT2D eigenvalue weighted by Crippen LogP contribution is -2.08. The predicted molar refractivity (Wildman–Crippen MR) is 72.1 cm³/mol. The van der Waals surface area contributed by atoms with E-state index in [9.17, 15) is 4.39 Å². The number of nitrogens with zero attached hydrogens (tertiary/aromatic N) is 3. The first-order chi connectivity index (χ1) is 9.79. The van der Waals surface area contributed by atoms with Gasteiger partial charge in [-0.25, -0.2) is 19.3 Å². The molecule has 2 heterocycles. The van der Waals surface area contributed by atoms with E-state index in [1.807, 2.05) is 12.1 Å². The molecule has 0 spiro atoms. The summed E-state index contributed by atoms with van der Waals surface area (Å²) in [5.74, 6) is 0.661. The van der Waals surface area contributed by atoms with Crippen molar-refractivity contribution < 1.29 is 9.13 Å². The molecule has 3 rings (SSSR count). The molecule has 2 aromatic rings. The van der Waals surface area contributed by atoms with Crippen LogP contribution in [0.1, 0.15) is 30.0 Å². The Labute approximate surface area is 116 Å². The molecule has 0 amide bonds. The number of hydrogen-bond donors (Lipinski definition) is 1. The van der Waals surface area contributed by atoms with Gasteiger partial charge in [0.15, 0.2) is 11.6 Å². The molecule has 1 saturated carbocycles. The van der Waals surface area contributed by atoms with Gasteiger partial charge in [0.1, 0.15) is 6.33 Å². The quantitative estimate of drug-likeness (QED) is 0.907. The molecule has 1 N–H and O–H groups in total. The summed E-state index contributed by atoms with van der Waals surface area (Å²) in [6.45, 7) is 0.398. The average Bonchev–Trinajstić information content (AvgIpc) is 3.31. The summed E-state index contributed by atoms with van der Waals surface area (Å²) in [4.78, 5) is 12.1. The predicted octanol–water partition coefficient (Wildman–Crippen LogP) is 2.51. The zero-order valence-corrected chi connectivity index (χ0v) is 11.1. The molecule has 0 aliphatic heterocycles. The SMILES string of the molecule is COc1ncccc1CNc1ncnc(C2CC2)c1F. The number of ether oxygens (including phenoxy) is 1. The normalized spacial score (nSPS) is 14.1. The highest BCUT2D eigenvalue weighted by Gasteiger charge is 2.29. The van der Waals surface area contributed by atoms with E-state index in [0.717, 1.165) is 18.4 Å². The Morgan fingerprint density at radius 2 is 2.20 bits per heavy atom. The number of methoxy groups -OCH3 is 1. The van der Waals surface area contributed by atoms with Gasteiger partial charge >= 0.3 is 0 Å². The van der Waals surface area contributed by atoms with Gasteiger partial charge in [-0.15, -0.1) is 0 Å². The zero-order valence-electron chi connectivity index (χ0n) is 11.1. The molecule has 1 aliphatic rings. The maximum atomic E-state index is 14.2. The molecule has 6 heteroatoms. The third-order valence-corrected chi connectivity index (χ3v) is 3.27. The molecule has 0 radical (unpaired) electrons. The standard InChI is InChI=1S/C14H15FN4O/c1-20-14-10(3-2-6-16-14)7-17-13-11(15)12(9-4-5-9)18-8-19-13/h2-3,6,8-9H,4-5,7H2,1H3,(H,17,18,19). The fraction of sp³-hybridized carbons (Fsp3) is 0.357. The van der Waals surface area contributed by atoms with E-state index in [-0.39, 0.29) is 17.6 Å². The Morgan fingerprint density at radius 1 is 1.35 bits per heavy atom. The second-order valence-corrected chi connectivity index (χ2v) is 4.72. The molecule has 5 nitrogen and oxygen atoms in total. The lowest BCUT2D eigenvalue weighted by molar-refractivity contribution is 0.393. The summed E-state index contributed by atoms with van der Waals surface area (Å²) >= 11 is 0. The van der Waals surface area contributed by atoms with Gasteiger partial charge in [-0.2, -0.15) is 0 Å². The summed E-state index contributed by atoms with van der Waals surface area (Å²) in [6, 6.07) is 3.69. The molecule has 2 aromatic heterocycles. The zero-order chi connectivity index (χ0) is 13.9. The van der Waals surface area contributed by atoms with Crippen LogP contribution in [0.15, 0.2) is 24.7 Å². The average molecular weight is 274 g/mol. The second-order valence-electron chi connectivity index (χ2n) is 4.72. The minimum absolute atomic E-state index is 0.229. The molecule has 1 fully saturated rings. The Balaban J connectivity index is 1.76. The van der Waals surface area contributed by atoms with Gasteiger partial charge in [0, 0.05) is 24.2 Å². The van der Waals surface area contributed by atoms with Gasteiger partial charge in [-0.3, -0.25) is 0 Å². The first-order valence-corrected chi connectivity index (χ1v) is 6.51. The Hall–Kier alpha value is -2.24. The van der Waals surface area contributed by atoms with Crippen LogP contribution in [0.5, 0.6) is 5.88 Å². The van der Waals surface area contributed by atoms with Crippen molar-refractivity contribution in [2.24, 2.45) is 0 Å². The van der Waals surface area contributed by atoms with Gasteiger partial charge < -0.3 is 10.1 Å². The topological polar surface area (TPSA) is 59.9 Å². The van der Waals surface area contributed by atoms with Crippen molar-refractivity contribution in [3.8, 4) is 5.88 Å². The maximum absolute atomic E-state index is 14.2. The van der Waals surface area contributed by atoms with Crippen LogP contribution < -0.4 is 10.1 Å². The Kier molecular flexibility index (Phi) is 3.45. The Morgan fingerprint density at radius 3 is 2.95 bits per heavy atom. The van der Waals surface area contributed by atoms with Gasteiger partial charge in [0.2, 0.25) is 5.88 Å². The maximum Gasteiger partial charge on any atom is 0.218 e. The van der Waals surface area contributed by atoms with Gasteiger partial charge in [-0.1, -0.05) is 6.07 Å². The fourth-order valence-electron chi connectivity index (χ4n) is 2.07. The van der Waals surface area contributed by atoms with Crippen LogP contribution in [-0.2, 0) is 6.54 Å². The van der Waals surface area contributed by atoms with Crippen LogP contribution in [0.4, 0.5) is 10.2 Å². The third kappa shape index (κ3) is 2.54. The number of hydrogen-bond acceptors (Lipinski definition) is 5. The summed E-state index contributed by atoms with van der Waals surface area (Å²) in [6.07, 6.45) is 5.06. The van der Waals surface area contributed by atoms with Crippen LogP contribution >= 0.6 is 0 Å². The lowest BCUT2D eigenvalue weighted by atomic mass is 10.2. The van der Waals surface area contributed by atoms with Crippen molar-refractivity contribution in [3.63, 3.8) is 0 Å². The Bertz CT molecular complexity index is 616. The minimum atomic E-state index is -0.349. The van der Waals surface area contributed by atoms with E-state index in [1.165, 1.54) is 6.33 Å². The molecule has 1 aliphatic carbocycles. The highest BCUT2D eigenvalue weighted by Crippen LogP contribution is 2.40. The minimum Gasteiger partial charge on any atom is -0.481 e. The van der Waals surface area contributed by atoms with Crippen LogP contribution in [0, 0.1) is 5.82 Å². The number of nitrogens with one attached hydrogen (secondary N) is 1. The molecule has 0 aromatic carbocycles. The van der Waals surface area contributed by atoms with E-state index in [4.69, 9.17) is 4.74 Å². The van der Waals surface area contributed by atoms with E-state index in [0.29, 0.717) is 18.1 Å². The van der Waals surface area contributed by atoms with Gasteiger partial charge in [0.25, 0.3) is 0 Å². The van der Waals surface area contributed by atoms with Gasteiger partial charge in [-0.05, 0) is 18.9 Å². The molecule has 20 heavy (non-hydrogen) atoms. The number of halogens is 1. The summed E-state index contributed by atoms with van der Waals surface area (Å²) < 4.78 is 19.4. The number of anilines is 1. The second kappa shape index (κ2) is 5.40. The first kappa shape index (κ1) is 12.8. The van der Waals surface area contributed by atoms with Crippen molar-refractivity contribution in [2.75, 3.05) is 12.4 Å². The molecular weight excluding hydrogens is 259 g/mol. The van der Waals surface area contributed by atoms with Crippen molar-refractivity contribution in [3.05, 3.63) is 41.7 Å². The highest BCUT2D eigenvalue weighted by molar-refractivity contribution is 5.41. The summed E-state index contributed by atoms with van der Waals surface area (Å²) in [5.41, 5.74) is 1.36. The highest BCUT2D eigenvalue weighted by atomic mass is 19.1. The third-order valence-electron chi connectivity index (χ3n) is 3.27. The van der Waals surface area contributed by atoms with Crippen molar-refractivity contribution in [1.29, 1.82) is 0 Å². The lowest BCUT2D eigenvalue weighted by Gasteiger charge is -2.10. The molecule has 0 bridgehead atoms. The smallest absolute Gasteiger partial charge is 0.218 e. The van der Waals surface area contributed by atoms with E-state index >= 15 is 0 Å². The van der Waals surface area contributed by atoms with Gasteiger partial charge in [0.05, 0.1) is 12.8 Å². The molecule has 104 valence electrons. The molecule has 0 saturated heterocycles. The van der Waals surface area contributed by atoms with E-state index < -0.39 is 0 Å². The van der Waals surface area contributed by atoms with E-state index in [2.05, 4.69) is 20.3 Å². The monoisotopic (exact) mass is 274 g/mol. The van der Waals surface area contributed by atoms with Crippen LogP contribution in [-0.4, -0.2) is 22.1 Å². The fourth-order valence-corrected chi connectivity index (χ4v) is 2.07. The molecule has 0 unspecified atom stereocenters. The molecule has 0 atom stereocenters. The van der Waals surface area contributed by atoms with Crippen LogP contribution in [0.2, 0.25) is 0 Å². The number of pyridine rings is 1. The first-order valence-electron chi connectivity index (χ1n) is 6.51. The summed E-state index contributed by atoms with van der Waals surface area (Å²) in [7, 11) is 1.56.